The minimum Gasteiger partial charge on any atom is -0.336 e. The Bertz CT molecular complexity index is 479. The van der Waals surface area contributed by atoms with Gasteiger partial charge in [0.2, 0.25) is 0 Å². The Labute approximate surface area is 125 Å². The van der Waals surface area contributed by atoms with Crippen LogP contribution in [0, 0.1) is 5.92 Å². The van der Waals surface area contributed by atoms with Crippen LogP contribution in [-0.2, 0) is 5.88 Å². The second-order valence-corrected chi connectivity index (χ2v) is 6.14. The zero-order valence-electron chi connectivity index (χ0n) is 11.7. The van der Waals surface area contributed by atoms with Crippen LogP contribution in [0.2, 0.25) is 0 Å². The third-order valence-corrected chi connectivity index (χ3v) is 4.51. The predicted octanol–water partition coefficient (Wildman–Crippen LogP) is 2.59. The summed E-state index contributed by atoms with van der Waals surface area (Å²) in [7, 11) is 0. The molecular weight excluding hydrogens is 272 g/mol. The van der Waals surface area contributed by atoms with Crippen LogP contribution in [0.3, 0.4) is 0 Å². The fourth-order valence-electron chi connectivity index (χ4n) is 2.77. The van der Waals surface area contributed by atoms with Gasteiger partial charge in [0.15, 0.2) is 0 Å². The Balaban J connectivity index is 1.57. The molecule has 0 spiro atoms. The van der Waals surface area contributed by atoms with Gasteiger partial charge in [0.1, 0.15) is 0 Å². The topological polar surface area (TPSA) is 23.6 Å². The van der Waals surface area contributed by atoms with E-state index in [1.54, 1.807) is 0 Å². The highest BCUT2D eigenvalue weighted by Gasteiger charge is 2.27. The van der Waals surface area contributed by atoms with Gasteiger partial charge in [0, 0.05) is 44.2 Å². The summed E-state index contributed by atoms with van der Waals surface area (Å²) in [6.07, 6.45) is 2.79. The molecule has 0 unspecified atom stereocenters. The number of nitrogens with zero attached hydrogens (tertiary/aromatic N) is 2. The van der Waals surface area contributed by atoms with Gasteiger partial charge in [-0.15, -0.1) is 11.6 Å². The molecule has 1 saturated carbocycles. The summed E-state index contributed by atoms with van der Waals surface area (Å²) in [4.78, 5) is 16.9. The van der Waals surface area contributed by atoms with Crippen molar-refractivity contribution in [2.24, 2.45) is 5.92 Å². The van der Waals surface area contributed by atoms with Gasteiger partial charge in [-0.05, 0) is 36.5 Å². The van der Waals surface area contributed by atoms with Crippen molar-refractivity contribution in [1.82, 2.24) is 9.80 Å². The maximum absolute atomic E-state index is 12.5. The van der Waals surface area contributed by atoms with Gasteiger partial charge in [0.25, 0.3) is 5.91 Å². The van der Waals surface area contributed by atoms with Crippen LogP contribution in [-0.4, -0.2) is 48.4 Å². The zero-order valence-corrected chi connectivity index (χ0v) is 12.5. The maximum Gasteiger partial charge on any atom is 0.253 e. The smallest absolute Gasteiger partial charge is 0.253 e. The minimum absolute atomic E-state index is 0.142. The summed E-state index contributed by atoms with van der Waals surface area (Å²) in [6.45, 7) is 4.94. The van der Waals surface area contributed by atoms with Crippen molar-refractivity contribution >= 4 is 17.5 Å². The quantitative estimate of drug-likeness (QED) is 0.797. The molecule has 1 saturated heterocycles. The van der Waals surface area contributed by atoms with Gasteiger partial charge in [-0.2, -0.15) is 0 Å². The molecule has 2 aliphatic rings. The summed E-state index contributed by atoms with van der Waals surface area (Å²) in [5, 5.41) is 0. The molecule has 1 aliphatic heterocycles. The van der Waals surface area contributed by atoms with E-state index in [4.69, 9.17) is 11.6 Å². The number of rotatable bonds is 4. The van der Waals surface area contributed by atoms with E-state index in [-0.39, 0.29) is 5.91 Å². The maximum atomic E-state index is 12.5. The molecule has 4 heteroatoms. The molecule has 20 heavy (non-hydrogen) atoms. The van der Waals surface area contributed by atoms with E-state index in [0.29, 0.717) is 5.88 Å². The zero-order chi connectivity index (χ0) is 13.9. The van der Waals surface area contributed by atoms with Crippen molar-refractivity contribution in [2.45, 2.75) is 18.7 Å². The normalized spacial score (nSPS) is 20.1. The molecule has 1 aromatic carbocycles. The molecule has 3 nitrogen and oxygen atoms in total. The van der Waals surface area contributed by atoms with E-state index >= 15 is 0 Å². The number of piperazine rings is 1. The van der Waals surface area contributed by atoms with Crippen LogP contribution in [0.1, 0.15) is 28.8 Å². The molecule has 1 amide bonds. The first-order valence-electron chi connectivity index (χ1n) is 7.43. The molecule has 0 bridgehead atoms. The Morgan fingerprint density at radius 2 is 1.95 bits per heavy atom. The first-order valence-corrected chi connectivity index (χ1v) is 7.96. The highest BCUT2D eigenvalue weighted by molar-refractivity contribution is 6.17. The van der Waals surface area contributed by atoms with Crippen molar-refractivity contribution in [3.63, 3.8) is 0 Å². The summed E-state index contributed by atoms with van der Waals surface area (Å²) < 4.78 is 0. The van der Waals surface area contributed by atoms with Crippen molar-refractivity contribution in [1.29, 1.82) is 0 Å². The van der Waals surface area contributed by atoms with Gasteiger partial charge >= 0.3 is 0 Å². The standard InChI is InChI=1S/C16H21ClN2O/c17-11-14-2-1-3-15(10-14)16(20)19-8-6-18(7-9-19)12-13-4-5-13/h1-3,10,13H,4-9,11-12H2. The minimum atomic E-state index is 0.142. The predicted molar refractivity (Wildman–Crippen MR) is 81.1 cm³/mol. The highest BCUT2D eigenvalue weighted by atomic mass is 35.5. The fraction of sp³-hybridized carbons (Fsp3) is 0.562. The van der Waals surface area contributed by atoms with Gasteiger partial charge in [0.05, 0.1) is 0 Å². The van der Waals surface area contributed by atoms with Crippen LogP contribution in [0.25, 0.3) is 0 Å². The second-order valence-electron chi connectivity index (χ2n) is 5.87. The first kappa shape index (κ1) is 13.9. The van der Waals surface area contributed by atoms with E-state index in [2.05, 4.69) is 4.90 Å². The fourth-order valence-corrected chi connectivity index (χ4v) is 2.94. The third kappa shape index (κ3) is 3.33. The van der Waals surface area contributed by atoms with E-state index in [0.717, 1.165) is 43.2 Å². The van der Waals surface area contributed by atoms with Gasteiger partial charge < -0.3 is 4.90 Å². The number of hydrogen-bond acceptors (Lipinski definition) is 2. The van der Waals surface area contributed by atoms with E-state index in [9.17, 15) is 4.79 Å². The monoisotopic (exact) mass is 292 g/mol. The largest absolute Gasteiger partial charge is 0.336 e. The lowest BCUT2D eigenvalue weighted by molar-refractivity contribution is 0.0632. The van der Waals surface area contributed by atoms with E-state index in [1.807, 2.05) is 29.2 Å². The molecule has 0 atom stereocenters. The average Bonchev–Trinajstić information content (AvgIpc) is 3.31. The number of alkyl halides is 1. The number of carbonyl (C=O) groups is 1. The van der Waals surface area contributed by atoms with Gasteiger partial charge in [-0.3, -0.25) is 9.69 Å². The van der Waals surface area contributed by atoms with Crippen LogP contribution >= 0.6 is 11.6 Å². The van der Waals surface area contributed by atoms with Gasteiger partial charge in [-0.25, -0.2) is 0 Å². The van der Waals surface area contributed by atoms with Crippen molar-refractivity contribution in [2.75, 3.05) is 32.7 Å². The molecule has 0 aromatic heterocycles. The number of hydrogen-bond donors (Lipinski definition) is 0. The molecule has 1 heterocycles. The Morgan fingerprint density at radius 3 is 2.60 bits per heavy atom. The highest BCUT2D eigenvalue weighted by Crippen LogP contribution is 2.30. The van der Waals surface area contributed by atoms with Crippen LogP contribution in [0.15, 0.2) is 24.3 Å². The molecule has 1 aliphatic carbocycles. The average molecular weight is 293 g/mol. The lowest BCUT2D eigenvalue weighted by Crippen LogP contribution is -2.49. The van der Waals surface area contributed by atoms with Crippen LogP contribution in [0.4, 0.5) is 0 Å². The summed E-state index contributed by atoms with van der Waals surface area (Å²) in [5.41, 5.74) is 1.77. The Kier molecular flexibility index (Phi) is 4.27. The lowest BCUT2D eigenvalue weighted by atomic mass is 10.1. The SMILES string of the molecule is O=C(c1cccc(CCl)c1)N1CCN(CC2CC2)CC1. The molecule has 0 radical (unpaired) electrons. The van der Waals surface area contributed by atoms with Gasteiger partial charge in [-0.1, -0.05) is 12.1 Å². The number of carbonyl (C=O) groups excluding carboxylic acids is 1. The summed E-state index contributed by atoms with van der Waals surface area (Å²) >= 11 is 5.83. The molecule has 3 rings (SSSR count). The van der Waals surface area contributed by atoms with Crippen molar-refractivity contribution in [3.8, 4) is 0 Å². The summed E-state index contributed by atoms with van der Waals surface area (Å²) in [5.74, 6) is 1.52. The first-order chi connectivity index (χ1) is 9.76. The van der Waals surface area contributed by atoms with E-state index < -0.39 is 0 Å². The van der Waals surface area contributed by atoms with Crippen molar-refractivity contribution in [3.05, 3.63) is 35.4 Å². The number of halogens is 1. The Hall–Kier alpha value is -1.06. The molecule has 108 valence electrons. The Morgan fingerprint density at radius 1 is 1.20 bits per heavy atom. The molecular formula is C16H21ClN2O. The molecule has 2 fully saturated rings. The van der Waals surface area contributed by atoms with E-state index in [1.165, 1.54) is 19.4 Å². The van der Waals surface area contributed by atoms with Crippen LogP contribution < -0.4 is 0 Å². The summed E-state index contributed by atoms with van der Waals surface area (Å²) in [6, 6.07) is 7.66. The lowest BCUT2D eigenvalue weighted by Gasteiger charge is -2.34. The van der Waals surface area contributed by atoms with Crippen LogP contribution in [0.5, 0.6) is 0 Å². The number of amides is 1. The molecule has 0 N–H and O–H groups in total. The second kappa shape index (κ2) is 6.15. The third-order valence-electron chi connectivity index (χ3n) is 4.20. The molecule has 1 aromatic rings. The number of benzene rings is 1. The van der Waals surface area contributed by atoms with Crippen molar-refractivity contribution < 1.29 is 4.79 Å².